The van der Waals surface area contributed by atoms with E-state index >= 15 is 0 Å². The van der Waals surface area contributed by atoms with Crippen molar-refractivity contribution < 1.29 is 14.5 Å². The Bertz CT molecular complexity index is 1000. The second-order valence-electron chi connectivity index (χ2n) is 5.73. The second-order valence-corrected chi connectivity index (χ2v) is 6.12. The SMILES string of the molecule is CC(C)c1cnn2c(OC(=O)Nc3cccc([N+](=O)[O-])c3)cc(Cl)nc12. The van der Waals surface area contributed by atoms with Crippen LogP contribution in [0.15, 0.2) is 36.5 Å². The molecule has 0 spiro atoms. The molecule has 9 nitrogen and oxygen atoms in total. The molecule has 2 heterocycles. The number of ether oxygens (including phenoxy) is 1. The number of nitrogens with one attached hydrogen (secondary N) is 1. The van der Waals surface area contributed by atoms with Crippen LogP contribution in [0.2, 0.25) is 5.15 Å². The van der Waals surface area contributed by atoms with Crippen molar-refractivity contribution in [2.45, 2.75) is 19.8 Å². The molecule has 1 N–H and O–H groups in total. The fourth-order valence-electron chi connectivity index (χ4n) is 2.34. The third-order valence-corrected chi connectivity index (χ3v) is 3.75. The van der Waals surface area contributed by atoms with Crippen LogP contribution in [-0.2, 0) is 0 Å². The number of halogens is 1. The lowest BCUT2D eigenvalue weighted by Gasteiger charge is -2.09. The van der Waals surface area contributed by atoms with Crippen LogP contribution in [0.25, 0.3) is 5.65 Å². The highest BCUT2D eigenvalue weighted by Crippen LogP contribution is 2.25. The van der Waals surface area contributed by atoms with Gasteiger partial charge in [0.15, 0.2) is 5.65 Å². The summed E-state index contributed by atoms with van der Waals surface area (Å²) in [6.45, 7) is 3.96. The zero-order valence-electron chi connectivity index (χ0n) is 13.8. The van der Waals surface area contributed by atoms with Crippen molar-refractivity contribution in [3.63, 3.8) is 0 Å². The van der Waals surface area contributed by atoms with Crippen LogP contribution in [0.4, 0.5) is 16.2 Å². The van der Waals surface area contributed by atoms with E-state index in [0.717, 1.165) is 5.56 Å². The van der Waals surface area contributed by atoms with Gasteiger partial charge in [0.05, 0.1) is 16.8 Å². The minimum absolute atomic E-state index is 0.0785. The molecule has 1 aromatic carbocycles. The number of fused-ring (bicyclic) bond motifs is 1. The molecule has 0 saturated carbocycles. The van der Waals surface area contributed by atoms with Gasteiger partial charge in [-0.1, -0.05) is 31.5 Å². The molecule has 3 aromatic rings. The van der Waals surface area contributed by atoms with Crippen LogP contribution in [0.5, 0.6) is 5.88 Å². The molecule has 3 rings (SSSR count). The number of hydrogen-bond donors (Lipinski definition) is 1. The summed E-state index contributed by atoms with van der Waals surface area (Å²) in [5.74, 6) is 0.236. The first kappa shape index (κ1) is 17.6. The first-order valence-electron chi connectivity index (χ1n) is 7.62. The molecule has 0 bridgehead atoms. The number of nitro benzene ring substituents is 1. The molecule has 10 heteroatoms. The number of amides is 1. The summed E-state index contributed by atoms with van der Waals surface area (Å²) >= 11 is 6.02. The standard InChI is InChI=1S/C16H14ClN5O4/c1-9(2)12-8-18-21-14(7-13(17)20-15(12)21)26-16(23)19-10-4-3-5-11(6-10)22(24)25/h3-9H,1-2H3,(H,19,23). The number of aromatic nitrogens is 3. The van der Waals surface area contributed by atoms with Crippen LogP contribution in [0, 0.1) is 10.1 Å². The van der Waals surface area contributed by atoms with Crippen molar-refractivity contribution in [2.24, 2.45) is 0 Å². The lowest BCUT2D eigenvalue weighted by atomic mass is 10.1. The highest BCUT2D eigenvalue weighted by atomic mass is 35.5. The number of hydrogen-bond acceptors (Lipinski definition) is 6. The normalized spacial score (nSPS) is 10.9. The highest BCUT2D eigenvalue weighted by Gasteiger charge is 2.17. The van der Waals surface area contributed by atoms with E-state index < -0.39 is 11.0 Å². The van der Waals surface area contributed by atoms with E-state index in [1.807, 2.05) is 13.8 Å². The molecule has 1 amide bonds. The zero-order chi connectivity index (χ0) is 18.8. The van der Waals surface area contributed by atoms with Crippen LogP contribution in [0.1, 0.15) is 25.3 Å². The first-order chi connectivity index (χ1) is 12.3. The van der Waals surface area contributed by atoms with Gasteiger partial charge in [0, 0.05) is 23.8 Å². The number of carbonyl (C=O) groups is 1. The largest absolute Gasteiger partial charge is 0.418 e. The van der Waals surface area contributed by atoms with Gasteiger partial charge in [-0.25, -0.2) is 9.78 Å². The van der Waals surface area contributed by atoms with E-state index in [2.05, 4.69) is 15.4 Å². The lowest BCUT2D eigenvalue weighted by molar-refractivity contribution is -0.384. The summed E-state index contributed by atoms with van der Waals surface area (Å²) in [5.41, 5.74) is 1.43. The smallest absolute Gasteiger partial charge is 0.391 e. The van der Waals surface area contributed by atoms with E-state index in [4.69, 9.17) is 16.3 Å². The van der Waals surface area contributed by atoms with Crippen LogP contribution >= 0.6 is 11.6 Å². The van der Waals surface area contributed by atoms with Gasteiger partial charge in [-0.05, 0) is 12.0 Å². The van der Waals surface area contributed by atoms with Crippen molar-refractivity contribution in [3.8, 4) is 5.88 Å². The molecule has 0 radical (unpaired) electrons. The van der Waals surface area contributed by atoms with Gasteiger partial charge in [-0.15, -0.1) is 0 Å². The van der Waals surface area contributed by atoms with Crippen molar-refractivity contribution in [2.75, 3.05) is 5.32 Å². The molecule has 0 saturated heterocycles. The first-order valence-corrected chi connectivity index (χ1v) is 8.00. The fraction of sp³-hybridized carbons (Fsp3) is 0.188. The van der Waals surface area contributed by atoms with Crippen molar-refractivity contribution >= 4 is 34.7 Å². The highest BCUT2D eigenvalue weighted by molar-refractivity contribution is 6.29. The Labute approximate surface area is 152 Å². The molecular weight excluding hydrogens is 362 g/mol. The maximum atomic E-state index is 12.2. The molecule has 0 atom stereocenters. The van der Waals surface area contributed by atoms with Crippen LogP contribution < -0.4 is 10.1 Å². The number of rotatable bonds is 4. The summed E-state index contributed by atoms with van der Waals surface area (Å²) in [6, 6.07) is 6.87. The summed E-state index contributed by atoms with van der Waals surface area (Å²) < 4.78 is 6.63. The number of benzene rings is 1. The molecule has 0 aliphatic carbocycles. The Morgan fingerprint density at radius 1 is 1.38 bits per heavy atom. The molecule has 0 aliphatic heterocycles. The number of anilines is 1. The number of non-ortho nitro benzene ring substituents is 1. The van der Waals surface area contributed by atoms with Gasteiger partial charge in [0.1, 0.15) is 5.15 Å². The molecule has 0 fully saturated rings. The monoisotopic (exact) mass is 375 g/mol. The Kier molecular flexibility index (Phi) is 4.72. The van der Waals surface area contributed by atoms with Gasteiger partial charge >= 0.3 is 6.09 Å². The Hall–Kier alpha value is -3.20. The topological polar surface area (TPSA) is 112 Å². The summed E-state index contributed by atoms with van der Waals surface area (Å²) in [5, 5.41) is 17.6. The minimum atomic E-state index is -0.837. The molecular formula is C16H14ClN5O4. The van der Waals surface area contributed by atoms with E-state index in [1.165, 1.54) is 34.8 Å². The van der Waals surface area contributed by atoms with E-state index in [9.17, 15) is 14.9 Å². The van der Waals surface area contributed by atoms with Crippen molar-refractivity contribution in [1.82, 2.24) is 14.6 Å². The Morgan fingerprint density at radius 2 is 2.15 bits per heavy atom. The van der Waals surface area contributed by atoms with Crippen LogP contribution in [0.3, 0.4) is 0 Å². The van der Waals surface area contributed by atoms with Crippen molar-refractivity contribution in [3.05, 3.63) is 57.4 Å². The quantitative estimate of drug-likeness (QED) is 0.418. The third-order valence-electron chi connectivity index (χ3n) is 3.56. The number of nitrogens with zero attached hydrogens (tertiary/aromatic N) is 4. The van der Waals surface area contributed by atoms with E-state index in [-0.39, 0.29) is 28.3 Å². The molecule has 0 aliphatic rings. The molecule has 134 valence electrons. The third kappa shape index (κ3) is 3.57. The molecule has 2 aromatic heterocycles. The van der Waals surface area contributed by atoms with Gasteiger partial charge in [0.25, 0.3) is 5.69 Å². The average Bonchev–Trinajstić information content (AvgIpc) is 2.99. The number of nitro groups is 1. The van der Waals surface area contributed by atoms with E-state index in [0.29, 0.717) is 5.65 Å². The summed E-state index contributed by atoms with van der Waals surface area (Å²) in [7, 11) is 0. The van der Waals surface area contributed by atoms with Gasteiger partial charge < -0.3 is 4.74 Å². The van der Waals surface area contributed by atoms with Gasteiger partial charge in [-0.3, -0.25) is 15.4 Å². The lowest BCUT2D eigenvalue weighted by Crippen LogP contribution is -2.18. The maximum Gasteiger partial charge on any atom is 0.418 e. The summed E-state index contributed by atoms with van der Waals surface area (Å²) in [4.78, 5) is 26.6. The summed E-state index contributed by atoms with van der Waals surface area (Å²) in [6.07, 6.45) is 0.796. The Morgan fingerprint density at radius 3 is 2.85 bits per heavy atom. The zero-order valence-corrected chi connectivity index (χ0v) is 14.6. The van der Waals surface area contributed by atoms with Gasteiger partial charge in [0.2, 0.25) is 5.88 Å². The number of carbonyl (C=O) groups excluding carboxylic acids is 1. The van der Waals surface area contributed by atoms with Crippen LogP contribution in [-0.4, -0.2) is 25.6 Å². The minimum Gasteiger partial charge on any atom is -0.391 e. The Balaban J connectivity index is 1.86. The van der Waals surface area contributed by atoms with Gasteiger partial charge in [-0.2, -0.15) is 9.61 Å². The fourth-order valence-corrected chi connectivity index (χ4v) is 2.51. The molecule has 0 unspecified atom stereocenters. The average molecular weight is 376 g/mol. The van der Waals surface area contributed by atoms with Crippen molar-refractivity contribution in [1.29, 1.82) is 0 Å². The predicted molar refractivity (Wildman–Crippen MR) is 94.8 cm³/mol. The predicted octanol–water partition coefficient (Wildman–Crippen LogP) is 4.03. The molecule has 26 heavy (non-hydrogen) atoms. The maximum absolute atomic E-state index is 12.2. The van der Waals surface area contributed by atoms with E-state index in [1.54, 1.807) is 6.20 Å². The second kappa shape index (κ2) is 6.96.